The fourth-order valence-electron chi connectivity index (χ4n) is 1.78. The van der Waals surface area contributed by atoms with E-state index in [2.05, 4.69) is 9.89 Å². The lowest BCUT2D eigenvalue weighted by molar-refractivity contribution is -0.138. The van der Waals surface area contributed by atoms with Crippen LogP contribution in [0.2, 0.25) is 0 Å². The van der Waals surface area contributed by atoms with Gasteiger partial charge in [0, 0.05) is 12.0 Å². The minimum absolute atomic E-state index is 0.163. The zero-order valence-electron chi connectivity index (χ0n) is 10.2. The number of carbonyl (C=O) groups excluding carboxylic acids is 1. The number of carbonyl (C=O) groups is 1. The third kappa shape index (κ3) is 2.98. The molecule has 0 saturated carbocycles. The minimum Gasteiger partial charge on any atom is -0.467 e. The largest absolute Gasteiger partial charge is 0.467 e. The van der Waals surface area contributed by atoms with Gasteiger partial charge in [-0.25, -0.2) is 0 Å². The zero-order valence-corrected chi connectivity index (χ0v) is 10.2. The van der Waals surface area contributed by atoms with Crippen LogP contribution >= 0.6 is 0 Å². The van der Waals surface area contributed by atoms with E-state index in [0.717, 1.165) is 0 Å². The van der Waals surface area contributed by atoms with Crippen LogP contribution in [0.4, 0.5) is 13.2 Å². The van der Waals surface area contributed by atoms with Gasteiger partial charge in [-0.15, -0.1) is 0 Å². The van der Waals surface area contributed by atoms with Gasteiger partial charge >= 0.3 is 6.18 Å². The van der Waals surface area contributed by atoms with Crippen LogP contribution in [0.5, 0.6) is 0 Å². The molecule has 0 aliphatic heterocycles. The van der Waals surface area contributed by atoms with Crippen molar-refractivity contribution in [2.45, 2.75) is 12.6 Å². The van der Waals surface area contributed by atoms with Gasteiger partial charge in [0.25, 0.3) is 6.47 Å². The molecular weight excluding hydrogens is 275 g/mol. The molecule has 0 atom stereocenters. The van der Waals surface area contributed by atoms with E-state index in [0.29, 0.717) is 0 Å². The van der Waals surface area contributed by atoms with Gasteiger partial charge in [0.2, 0.25) is 0 Å². The summed E-state index contributed by atoms with van der Waals surface area (Å²) in [6, 6.07) is 7.90. The van der Waals surface area contributed by atoms with Crippen LogP contribution in [0.3, 0.4) is 0 Å². The van der Waals surface area contributed by atoms with Crippen molar-refractivity contribution in [2.75, 3.05) is 6.61 Å². The van der Waals surface area contributed by atoms with E-state index in [1.165, 1.54) is 12.1 Å². The third-order valence-corrected chi connectivity index (χ3v) is 2.61. The predicted octanol–water partition coefficient (Wildman–Crippen LogP) is 3.08. The molecule has 0 N–H and O–H groups in total. The number of ether oxygens (including phenoxy) is 1. The van der Waals surface area contributed by atoms with Crippen molar-refractivity contribution in [2.24, 2.45) is 0 Å². The Bertz CT molecular complexity index is 578. The molecule has 0 aliphatic carbocycles. The van der Waals surface area contributed by atoms with Gasteiger partial charge < -0.3 is 9.26 Å². The van der Waals surface area contributed by atoms with Crippen molar-refractivity contribution in [3.05, 3.63) is 41.6 Å². The van der Waals surface area contributed by atoms with Crippen LogP contribution in [0, 0.1) is 0 Å². The molecule has 4 nitrogen and oxygen atoms in total. The Morgan fingerprint density at radius 1 is 1.25 bits per heavy atom. The van der Waals surface area contributed by atoms with Crippen LogP contribution in [0.25, 0.3) is 11.3 Å². The minimum atomic E-state index is -4.60. The molecule has 0 saturated heterocycles. The molecule has 0 fully saturated rings. The predicted molar refractivity (Wildman–Crippen MR) is 62.7 cm³/mol. The smallest absolute Gasteiger partial charge is 0.422 e. The third-order valence-electron chi connectivity index (χ3n) is 2.61. The highest BCUT2D eigenvalue weighted by molar-refractivity contribution is 5.62. The van der Waals surface area contributed by atoms with E-state index in [1.807, 2.05) is 0 Å². The van der Waals surface area contributed by atoms with E-state index in [1.54, 1.807) is 18.2 Å². The number of hydrogen-bond acceptors (Lipinski definition) is 4. The van der Waals surface area contributed by atoms with Crippen molar-refractivity contribution in [3.8, 4) is 11.3 Å². The lowest BCUT2D eigenvalue weighted by Crippen LogP contribution is -2.10. The zero-order chi connectivity index (χ0) is 14.6. The fourth-order valence-corrected chi connectivity index (χ4v) is 1.78. The van der Waals surface area contributed by atoms with Crippen LogP contribution in [-0.4, -0.2) is 18.2 Å². The molecule has 0 unspecified atom stereocenters. The maximum atomic E-state index is 13.1. The topological polar surface area (TPSA) is 52.3 Å². The van der Waals surface area contributed by atoms with E-state index >= 15 is 0 Å². The summed E-state index contributed by atoms with van der Waals surface area (Å²) in [5.41, 5.74) is -0.925. The van der Waals surface area contributed by atoms with Gasteiger partial charge in [-0.2, -0.15) is 13.2 Å². The monoisotopic (exact) mass is 285 g/mol. The first-order valence-electron chi connectivity index (χ1n) is 5.70. The Morgan fingerprint density at radius 2 is 1.95 bits per heavy atom. The molecule has 1 heterocycles. The molecule has 2 rings (SSSR count). The Labute approximate surface area is 112 Å². The second-order valence-electron chi connectivity index (χ2n) is 3.91. The van der Waals surface area contributed by atoms with Gasteiger partial charge in [0.1, 0.15) is 5.56 Å². The summed E-state index contributed by atoms with van der Waals surface area (Å²) < 4.78 is 48.6. The number of benzene rings is 1. The van der Waals surface area contributed by atoms with Crippen LogP contribution in [0.1, 0.15) is 11.3 Å². The summed E-state index contributed by atoms with van der Waals surface area (Å²) in [5, 5.41) is 3.44. The first kappa shape index (κ1) is 14.1. The highest BCUT2D eigenvalue weighted by atomic mass is 19.4. The molecule has 0 aliphatic rings. The van der Waals surface area contributed by atoms with Crippen molar-refractivity contribution in [1.82, 2.24) is 5.16 Å². The lowest BCUT2D eigenvalue weighted by Gasteiger charge is -2.08. The molecule has 1 aromatic heterocycles. The molecule has 0 spiro atoms. The number of nitrogens with zero attached hydrogens (tertiary/aromatic N) is 1. The standard InChI is InChI=1S/C13H10F3NO3/c14-13(15,16)11-10(6-7-19-8-18)17-20-12(11)9-4-2-1-3-5-9/h1-5,8H,6-7H2. The first-order chi connectivity index (χ1) is 9.54. The molecule has 2 aromatic rings. The van der Waals surface area contributed by atoms with E-state index in [4.69, 9.17) is 4.52 Å². The quantitative estimate of drug-likeness (QED) is 0.625. The van der Waals surface area contributed by atoms with E-state index < -0.39 is 11.7 Å². The summed E-state index contributed by atoms with van der Waals surface area (Å²) >= 11 is 0. The summed E-state index contributed by atoms with van der Waals surface area (Å²) in [5.74, 6) is -0.334. The molecule has 20 heavy (non-hydrogen) atoms. The van der Waals surface area contributed by atoms with E-state index in [-0.39, 0.29) is 36.5 Å². The van der Waals surface area contributed by atoms with Crippen LogP contribution in [0.15, 0.2) is 34.9 Å². The lowest BCUT2D eigenvalue weighted by atomic mass is 10.1. The van der Waals surface area contributed by atoms with Gasteiger partial charge in [-0.1, -0.05) is 35.5 Å². The summed E-state index contributed by atoms with van der Waals surface area (Å²) in [6.07, 6.45) is -4.76. The van der Waals surface area contributed by atoms with Crippen molar-refractivity contribution >= 4 is 6.47 Å². The second-order valence-corrected chi connectivity index (χ2v) is 3.91. The van der Waals surface area contributed by atoms with Crippen molar-refractivity contribution in [3.63, 3.8) is 0 Å². The Kier molecular flexibility index (Phi) is 4.07. The highest BCUT2D eigenvalue weighted by Crippen LogP contribution is 2.39. The summed E-state index contributed by atoms with van der Waals surface area (Å²) in [4.78, 5) is 10.0. The SMILES string of the molecule is O=COCCc1noc(-c2ccccc2)c1C(F)(F)F. The number of rotatable bonds is 5. The number of aromatic nitrogens is 1. The van der Waals surface area contributed by atoms with E-state index in [9.17, 15) is 18.0 Å². The normalized spacial score (nSPS) is 11.3. The van der Waals surface area contributed by atoms with Crippen molar-refractivity contribution < 1.29 is 27.2 Å². The van der Waals surface area contributed by atoms with Gasteiger partial charge in [-0.05, 0) is 0 Å². The van der Waals surface area contributed by atoms with Gasteiger partial charge in [0.15, 0.2) is 5.76 Å². The number of halogens is 3. The second kappa shape index (κ2) is 5.77. The summed E-state index contributed by atoms with van der Waals surface area (Å²) in [6.45, 7) is -0.0151. The van der Waals surface area contributed by atoms with Gasteiger partial charge in [0.05, 0.1) is 12.3 Å². The Morgan fingerprint density at radius 3 is 2.55 bits per heavy atom. The fraction of sp³-hybridized carbons (Fsp3) is 0.231. The average Bonchev–Trinajstić information content (AvgIpc) is 2.84. The highest BCUT2D eigenvalue weighted by Gasteiger charge is 2.40. The maximum Gasteiger partial charge on any atom is 0.422 e. The number of hydrogen-bond donors (Lipinski definition) is 0. The molecule has 0 amide bonds. The Balaban J connectivity index is 2.40. The summed E-state index contributed by atoms with van der Waals surface area (Å²) in [7, 11) is 0. The molecule has 106 valence electrons. The molecule has 1 aromatic carbocycles. The Hall–Kier alpha value is -2.31. The van der Waals surface area contributed by atoms with Crippen LogP contribution in [-0.2, 0) is 22.1 Å². The maximum absolute atomic E-state index is 13.1. The van der Waals surface area contributed by atoms with Gasteiger partial charge in [-0.3, -0.25) is 4.79 Å². The molecular formula is C13H10F3NO3. The van der Waals surface area contributed by atoms with Crippen molar-refractivity contribution in [1.29, 1.82) is 0 Å². The number of alkyl halides is 3. The molecule has 7 heteroatoms. The first-order valence-corrected chi connectivity index (χ1v) is 5.70. The molecule has 0 bridgehead atoms. The van der Waals surface area contributed by atoms with Crippen LogP contribution < -0.4 is 0 Å². The molecule has 0 radical (unpaired) electrons. The average molecular weight is 285 g/mol.